The molecule has 3 aliphatic rings. The third kappa shape index (κ3) is 2.29. The van der Waals surface area contributed by atoms with Gasteiger partial charge >= 0.3 is 0 Å². The third-order valence-electron chi connectivity index (χ3n) is 3.58. The topological polar surface area (TPSA) is 15.3 Å². The standard InChI is InChI=1S/C12H24N2/c1-11(2,3)13-12-5-4-8-14(9-6-12)10-7-12/h13H,4-10H2,1-3H3. The van der Waals surface area contributed by atoms with Gasteiger partial charge in [-0.2, -0.15) is 0 Å². The fraction of sp³-hybridized carbons (Fsp3) is 1.00. The Morgan fingerprint density at radius 3 is 2.21 bits per heavy atom. The Bertz CT molecular complexity index is 191. The molecule has 0 aliphatic carbocycles. The Labute approximate surface area is 88.1 Å². The molecule has 0 aromatic rings. The van der Waals surface area contributed by atoms with Gasteiger partial charge in [0.1, 0.15) is 0 Å². The molecule has 2 nitrogen and oxygen atoms in total. The first-order chi connectivity index (χ1) is 6.49. The van der Waals surface area contributed by atoms with Crippen molar-refractivity contribution in [3.05, 3.63) is 0 Å². The molecule has 3 aliphatic heterocycles. The van der Waals surface area contributed by atoms with Crippen molar-refractivity contribution in [1.82, 2.24) is 10.2 Å². The minimum atomic E-state index is 0.270. The van der Waals surface area contributed by atoms with Crippen LogP contribution in [0.2, 0.25) is 0 Å². The predicted molar refractivity (Wildman–Crippen MR) is 60.5 cm³/mol. The first kappa shape index (κ1) is 10.4. The zero-order chi connectivity index (χ0) is 10.2. The van der Waals surface area contributed by atoms with Crippen LogP contribution in [0, 0.1) is 0 Å². The molecule has 0 spiro atoms. The molecule has 2 bridgehead atoms. The fourth-order valence-electron chi connectivity index (χ4n) is 3.08. The normalized spacial score (nSPS) is 38.4. The summed E-state index contributed by atoms with van der Waals surface area (Å²) in [4.78, 5) is 2.62. The molecule has 2 heteroatoms. The second kappa shape index (κ2) is 3.49. The van der Waals surface area contributed by atoms with Crippen LogP contribution in [0.4, 0.5) is 0 Å². The summed E-state index contributed by atoms with van der Waals surface area (Å²) in [6.07, 6.45) is 5.46. The summed E-state index contributed by atoms with van der Waals surface area (Å²) in [6.45, 7) is 10.8. The van der Waals surface area contributed by atoms with Gasteiger partial charge in [-0.1, -0.05) is 0 Å². The van der Waals surface area contributed by atoms with Crippen LogP contribution in [-0.2, 0) is 0 Å². The van der Waals surface area contributed by atoms with Crippen molar-refractivity contribution in [2.45, 2.75) is 57.5 Å². The number of nitrogens with one attached hydrogen (secondary N) is 1. The molecule has 0 unspecified atom stereocenters. The van der Waals surface area contributed by atoms with Gasteiger partial charge in [-0.25, -0.2) is 0 Å². The van der Waals surface area contributed by atoms with Crippen molar-refractivity contribution in [2.75, 3.05) is 19.6 Å². The van der Waals surface area contributed by atoms with E-state index in [-0.39, 0.29) is 5.54 Å². The average molecular weight is 196 g/mol. The Morgan fingerprint density at radius 1 is 1.00 bits per heavy atom. The van der Waals surface area contributed by atoms with E-state index in [9.17, 15) is 0 Å². The summed E-state index contributed by atoms with van der Waals surface area (Å²) >= 11 is 0. The molecule has 0 aromatic heterocycles. The highest BCUT2D eigenvalue weighted by Crippen LogP contribution is 2.32. The van der Waals surface area contributed by atoms with Crippen molar-refractivity contribution < 1.29 is 0 Å². The van der Waals surface area contributed by atoms with Gasteiger partial charge in [-0.15, -0.1) is 0 Å². The number of rotatable bonds is 1. The Morgan fingerprint density at radius 2 is 1.64 bits per heavy atom. The van der Waals surface area contributed by atoms with Crippen LogP contribution in [0.1, 0.15) is 46.5 Å². The monoisotopic (exact) mass is 196 g/mol. The summed E-state index contributed by atoms with van der Waals surface area (Å²) in [5.74, 6) is 0. The summed E-state index contributed by atoms with van der Waals surface area (Å²) in [5.41, 5.74) is 0.734. The van der Waals surface area contributed by atoms with E-state index in [1.165, 1.54) is 45.3 Å². The van der Waals surface area contributed by atoms with Gasteiger partial charge in [-0.3, -0.25) is 0 Å². The lowest BCUT2D eigenvalue weighted by Crippen LogP contribution is -2.57. The predicted octanol–water partition coefficient (Wildman–Crippen LogP) is 2.00. The number of piperidine rings is 1. The van der Waals surface area contributed by atoms with Crippen molar-refractivity contribution in [3.63, 3.8) is 0 Å². The lowest BCUT2D eigenvalue weighted by molar-refractivity contribution is 0.142. The lowest BCUT2D eigenvalue weighted by Gasteiger charge is -2.43. The summed E-state index contributed by atoms with van der Waals surface area (Å²) < 4.78 is 0. The highest BCUT2D eigenvalue weighted by atomic mass is 15.2. The van der Waals surface area contributed by atoms with Crippen molar-refractivity contribution in [3.8, 4) is 0 Å². The first-order valence-electron chi connectivity index (χ1n) is 6.01. The zero-order valence-electron chi connectivity index (χ0n) is 9.90. The van der Waals surface area contributed by atoms with E-state index >= 15 is 0 Å². The van der Waals surface area contributed by atoms with E-state index in [1.807, 2.05) is 0 Å². The van der Waals surface area contributed by atoms with E-state index in [0.29, 0.717) is 5.54 Å². The lowest BCUT2D eigenvalue weighted by atomic mass is 9.83. The molecule has 3 rings (SSSR count). The van der Waals surface area contributed by atoms with E-state index < -0.39 is 0 Å². The highest BCUT2D eigenvalue weighted by Gasteiger charge is 2.38. The average Bonchev–Trinajstić information content (AvgIpc) is 2.33. The fourth-order valence-corrected chi connectivity index (χ4v) is 3.08. The second-order valence-electron chi connectivity index (χ2n) is 6.10. The van der Waals surface area contributed by atoms with Crippen molar-refractivity contribution in [1.29, 1.82) is 0 Å². The first-order valence-corrected chi connectivity index (χ1v) is 6.01. The van der Waals surface area contributed by atoms with E-state index in [0.717, 1.165) is 0 Å². The summed E-state index contributed by atoms with van der Waals surface area (Å²) in [7, 11) is 0. The Kier molecular flexibility index (Phi) is 2.61. The quantitative estimate of drug-likeness (QED) is 0.690. The van der Waals surface area contributed by atoms with Crippen LogP contribution in [0.5, 0.6) is 0 Å². The molecule has 3 fully saturated rings. The third-order valence-corrected chi connectivity index (χ3v) is 3.58. The van der Waals surface area contributed by atoms with Crippen LogP contribution in [0.15, 0.2) is 0 Å². The molecule has 0 radical (unpaired) electrons. The summed E-state index contributed by atoms with van der Waals surface area (Å²) in [6, 6.07) is 0. The molecule has 1 N–H and O–H groups in total. The molecule has 0 amide bonds. The summed E-state index contributed by atoms with van der Waals surface area (Å²) in [5, 5.41) is 3.87. The van der Waals surface area contributed by atoms with E-state index in [4.69, 9.17) is 0 Å². The van der Waals surface area contributed by atoms with E-state index in [1.54, 1.807) is 0 Å². The van der Waals surface area contributed by atoms with Crippen LogP contribution in [0.3, 0.4) is 0 Å². The minimum absolute atomic E-state index is 0.270. The highest BCUT2D eigenvalue weighted by molar-refractivity contribution is 4.99. The van der Waals surface area contributed by atoms with Crippen molar-refractivity contribution in [2.24, 2.45) is 0 Å². The van der Waals surface area contributed by atoms with Gasteiger partial charge in [0, 0.05) is 11.1 Å². The van der Waals surface area contributed by atoms with Gasteiger partial charge in [0.15, 0.2) is 0 Å². The number of fused-ring (bicyclic) bond motifs is 4. The SMILES string of the molecule is CC(C)(C)NC12CCCN(CC1)CC2. The molecule has 0 saturated carbocycles. The molecule has 0 atom stereocenters. The maximum atomic E-state index is 3.87. The maximum Gasteiger partial charge on any atom is 0.0211 e. The van der Waals surface area contributed by atoms with Crippen LogP contribution in [-0.4, -0.2) is 35.6 Å². The zero-order valence-corrected chi connectivity index (χ0v) is 9.90. The van der Waals surface area contributed by atoms with Gasteiger partial charge in [0.2, 0.25) is 0 Å². The molecular formula is C12H24N2. The largest absolute Gasteiger partial charge is 0.306 e. The van der Waals surface area contributed by atoms with Crippen LogP contribution < -0.4 is 5.32 Å². The molecule has 82 valence electrons. The molecule has 3 saturated heterocycles. The molecule has 3 heterocycles. The van der Waals surface area contributed by atoms with Gasteiger partial charge in [-0.05, 0) is 66.1 Å². The van der Waals surface area contributed by atoms with Crippen LogP contribution >= 0.6 is 0 Å². The Hall–Kier alpha value is -0.0800. The smallest absolute Gasteiger partial charge is 0.0211 e. The molecule has 0 aromatic carbocycles. The molecule has 14 heavy (non-hydrogen) atoms. The van der Waals surface area contributed by atoms with Gasteiger partial charge in [0.25, 0.3) is 0 Å². The van der Waals surface area contributed by atoms with Gasteiger partial charge < -0.3 is 10.2 Å². The van der Waals surface area contributed by atoms with Gasteiger partial charge in [0.05, 0.1) is 0 Å². The number of nitrogens with zero attached hydrogens (tertiary/aromatic N) is 1. The minimum Gasteiger partial charge on any atom is -0.306 e. The second-order valence-corrected chi connectivity index (χ2v) is 6.10. The van der Waals surface area contributed by atoms with Crippen LogP contribution in [0.25, 0.3) is 0 Å². The van der Waals surface area contributed by atoms with Crippen molar-refractivity contribution >= 4 is 0 Å². The number of hydrogen-bond donors (Lipinski definition) is 1. The van der Waals surface area contributed by atoms with E-state index in [2.05, 4.69) is 31.0 Å². The molecular weight excluding hydrogens is 172 g/mol. The Balaban J connectivity index is 2.06. The maximum absolute atomic E-state index is 3.87. The number of hydrogen-bond acceptors (Lipinski definition) is 2.